The number of hydrogen-bond acceptors (Lipinski definition) is 2. The van der Waals surface area contributed by atoms with E-state index in [2.05, 4.69) is 5.32 Å². The Hall–Kier alpha value is -0.570. The van der Waals surface area contributed by atoms with E-state index in [0.29, 0.717) is 5.41 Å². The molecule has 0 aromatic rings. The van der Waals surface area contributed by atoms with Gasteiger partial charge in [0.05, 0.1) is 6.61 Å². The van der Waals surface area contributed by atoms with Gasteiger partial charge >= 0.3 is 0 Å². The molecule has 0 radical (unpaired) electrons. The Kier molecular flexibility index (Phi) is 1.49. The first-order valence-electron chi connectivity index (χ1n) is 4.38. The number of ether oxygens (including phenoxy) is 1. The summed E-state index contributed by atoms with van der Waals surface area (Å²) in [5.74, 6) is 0.0979. The smallest absolute Gasteiger partial charge is 0.217 e. The van der Waals surface area contributed by atoms with Crippen molar-refractivity contribution in [1.82, 2.24) is 5.32 Å². The summed E-state index contributed by atoms with van der Waals surface area (Å²) in [6, 6.07) is 0. The van der Waals surface area contributed by atoms with Gasteiger partial charge in [-0.15, -0.1) is 0 Å². The number of hydrogen-bond donors (Lipinski definition) is 1. The van der Waals surface area contributed by atoms with Crippen LogP contribution in [0.5, 0.6) is 0 Å². The zero-order valence-electron chi connectivity index (χ0n) is 7.64. The van der Waals surface area contributed by atoms with Crippen molar-refractivity contribution in [2.75, 3.05) is 13.7 Å². The van der Waals surface area contributed by atoms with Crippen LogP contribution in [0.3, 0.4) is 0 Å². The van der Waals surface area contributed by atoms with Crippen LogP contribution in [0.2, 0.25) is 0 Å². The summed E-state index contributed by atoms with van der Waals surface area (Å²) in [4.78, 5) is 10.8. The molecule has 1 amide bonds. The Balaban J connectivity index is 1.83. The van der Waals surface area contributed by atoms with E-state index in [9.17, 15) is 4.79 Å². The molecule has 3 aliphatic carbocycles. The third-order valence-corrected chi connectivity index (χ3v) is 3.03. The molecule has 3 saturated carbocycles. The van der Waals surface area contributed by atoms with Gasteiger partial charge in [-0.3, -0.25) is 4.79 Å². The van der Waals surface area contributed by atoms with Crippen LogP contribution in [0.4, 0.5) is 0 Å². The zero-order valence-corrected chi connectivity index (χ0v) is 7.64. The first kappa shape index (κ1) is 8.05. The molecular formula is C9H15NO2. The maximum atomic E-state index is 10.8. The molecule has 0 unspecified atom stereocenters. The molecule has 0 heterocycles. The molecule has 0 atom stereocenters. The van der Waals surface area contributed by atoms with E-state index in [1.165, 1.54) is 0 Å². The number of rotatable bonds is 3. The minimum absolute atomic E-state index is 0.0979. The second-order valence-corrected chi connectivity index (χ2v) is 4.42. The predicted molar refractivity (Wildman–Crippen MR) is 44.7 cm³/mol. The highest BCUT2D eigenvalue weighted by atomic mass is 16.5. The molecule has 3 heteroatoms. The van der Waals surface area contributed by atoms with Gasteiger partial charge in [0, 0.05) is 25.0 Å². The van der Waals surface area contributed by atoms with E-state index >= 15 is 0 Å². The van der Waals surface area contributed by atoms with E-state index in [1.54, 1.807) is 14.0 Å². The average molecular weight is 169 g/mol. The predicted octanol–water partition coefficient (Wildman–Crippen LogP) is 0.692. The molecule has 0 saturated heterocycles. The minimum Gasteiger partial charge on any atom is -0.384 e. The van der Waals surface area contributed by atoms with Crippen molar-refractivity contribution in [3.05, 3.63) is 0 Å². The Morgan fingerprint density at radius 2 is 2.08 bits per heavy atom. The first-order chi connectivity index (χ1) is 5.60. The standard InChI is InChI=1S/C9H15NO2/c1-7(11)10-9-3-8(4-9,5-9)6-12-2/h3-6H2,1-2H3,(H,10,11). The van der Waals surface area contributed by atoms with E-state index < -0.39 is 0 Å². The van der Waals surface area contributed by atoms with Crippen molar-refractivity contribution in [2.24, 2.45) is 5.41 Å². The highest BCUT2D eigenvalue weighted by Gasteiger charge is 2.68. The van der Waals surface area contributed by atoms with Gasteiger partial charge < -0.3 is 10.1 Å². The summed E-state index contributed by atoms with van der Waals surface area (Å²) in [5.41, 5.74) is 0.599. The Morgan fingerprint density at radius 1 is 1.50 bits per heavy atom. The Morgan fingerprint density at radius 3 is 2.50 bits per heavy atom. The number of carbonyl (C=O) groups is 1. The normalized spacial score (nSPS) is 42.8. The molecule has 2 bridgehead atoms. The zero-order chi connectivity index (χ0) is 8.82. The molecule has 3 aliphatic rings. The highest BCUT2D eigenvalue weighted by Crippen LogP contribution is 2.67. The highest BCUT2D eigenvalue weighted by molar-refractivity contribution is 5.74. The topological polar surface area (TPSA) is 38.3 Å². The van der Waals surface area contributed by atoms with Crippen LogP contribution in [0.15, 0.2) is 0 Å². The van der Waals surface area contributed by atoms with Crippen LogP contribution < -0.4 is 5.32 Å². The summed E-state index contributed by atoms with van der Waals surface area (Å²) in [5, 5.41) is 3.01. The van der Waals surface area contributed by atoms with Crippen molar-refractivity contribution in [3.63, 3.8) is 0 Å². The molecular weight excluding hydrogens is 154 g/mol. The lowest BCUT2D eigenvalue weighted by molar-refractivity contribution is -0.187. The summed E-state index contributed by atoms with van der Waals surface area (Å²) in [6.45, 7) is 2.44. The molecule has 1 N–H and O–H groups in total. The lowest BCUT2D eigenvalue weighted by atomic mass is 9.39. The van der Waals surface area contributed by atoms with Gasteiger partial charge in [0.1, 0.15) is 0 Å². The van der Waals surface area contributed by atoms with Crippen molar-refractivity contribution in [2.45, 2.75) is 31.7 Å². The van der Waals surface area contributed by atoms with Crippen LogP contribution in [0, 0.1) is 5.41 Å². The fraction of sp³-hybridized carbons (Fsp3) is 0.889. The van der Waals surface area contributed by atoms with Crippen LogP contribution in [0.1, 0.15) is 26.2 Å². The monoisotopic (exact) mass is 169 g/mol. The van der Waals surface area contributed by atoms with Crippen LogP contribution in [-0.4, -0.2) is 25.2 Å². The fourth-order valence-electron chi connectivity index (χ4n) is 2.96. The summed E-state index contributed by atoms with van der Waals surface area (Å²) < 4.78 is 5.12. The molecule has 3 nitrogen and oxygen atoms in total. The minimum atomic E-state index is 0.0979. The van der Waals surface area contributed by atoms with Crippen molar-refractivity contribution >= 4 is 5.91 Å². The molecule has 0 aromatic carbocycles. The quantitative estimate of drug-likeness (QED) is 0.675. The van der Waals surface area contributed by atoms with Crippen LogP contribution in [0.25, 0.3) is 0 Å². The van der Waals surface area contributed by atoms with Gasteiger partial charge in [-0.25, -0.2) is 0 Å². The van der Waals surface area contributed by atoms with Gasteiger partial charge in [0.2, 0.25) is 5.91 Å². The Labute approximate surface area is 72.5 Å². The van der Waals surface area contributed by atoms with Crippen molar-refractivity contribution in [1.29, 1.82) is 0 Å². The van der Waals surface area contributed by atoms with E-state index in [0.717, 1.165) is 25.9 Å². The second kappa shape index (κ2) is 2.22. The van der Waals surface area contributed by atoms with Crippen LogP contribution in [-0.2, 0) is 9.53 Å². The maximum absolute atomic E-state index is 10.8. The second-order valence-electron chi connectivity index (χ2n) is 4.42. The summed E-state index contributed by atoms with van der Waals surface area (Å²) >= 11 is 0. The van der Waals surface area contributed by atoms with Gasteiger partial charge in [0.15, 0.2) is 0 Å². The maximum Gasteiger partial charge on any atom is 0.217 e. The molecule has 0 spiro atoms. The first-order valence-corrected chi connectivity index (χ1v) is 4.38. The molecule has 12 heavy (non-hydrogen) atoms. The molecule has 0 aliphatic heterocycles. The summed E-state index contributed by atoms with van der Waals surface area (Å²) in [7, 11) is 1.74. The van der Waals surface area contributed by atoms with Gasteiger partial charge in [-0.05, 0) is 19.3 Å². The number of methoxy groups -OCH3 is 1. The summed E-state index contributed by atoms with van der Waals surface area (Å²) in [6.07, 6.45) is 3.36. The number of carbonyl (C=O) groups excluding carboxylic acids is 1. The van der Waals surface area contributed by atoms with E-state index in [-0.39, 0.29) is 11.4 Å². The van der Waals surface area contributed by atoms with Gasteiger partial charge in [-0.2, -0.15) is 0 Å². The number of nitrogens with one attached hydrogen (secondary N) is 1. The largest absolute Gasteiger partial charge is 0.384 e. The average Bonchev–Trinajstić information content (AvgIpc) is 1.79. The van der Waals surface area contributed by atoms with E-state index in [1.807, 2.05) is 0 Å². The molecule has 3 rings (SSSR count). The third-order valence-electron chi connectivity index (χ3n) is 3.03. The molecule has 3 fully saturated rings. The van der Waals surface area contributed by atoms with Crippen molar-refractivity contribution < 1.29 is 9.53 Å². The SMILES string of the molecule is COCC12CC(NC(C)=O)(C1)C2. The third kappa shape index (κ3) is 0.959. The molecule has 0 aromatic heterocycles. The fourth-order valence-corrected chi connectivity index (χ4v) is 2.96. The van der Waals surface area contributed by atoms with E-state index in [4.69, 9.17) is 4.74 Å². The lowest BCUT2D eigenvalue weighted by Gasteiger charge is -2.70. The van der Waals surface area contributed by atoms with Crippen molar-refractivity contribution in [3.8, 4) is 0 Å². The van der Waals surface area contributed by atoms with Gasteiger partial charge in [-0.1, -0.05) is 0 Å². The van der Waals surface area contributed by atoms with Gasteiger partial charge in [0.25, 0.3) is 0 Å². The Bertz CT molecular complexity index is 205. The van der Waals surface area contributed by atoms with Crippen LogP contribution >= 0.6 is 0 Å². The lowest BCUT2D eigenvalue weighted by Crippen LogP contribution is -2.75. The molecule has 68 valence electrons. The number of amides is 1.